The average molecular weight is 294 g/mol. The minimum absolute atomic E-state index is 0.180. The summed E-state index contributed by atoms with van der Waals surface area (Å²) in [5, 5.41) is 17.4. The van der Waals surface area contributed by atoms with Gasteiger partial charge in [-0.3, -0.25) is 0 Å². The number of halogens is 2. The number of aromatic nitrogens is 3. The lowest BCUT2D eigenvalue weighted by Crippen LogP contribution is -2.39. The molecule has 7 heteroatoms. The van der Waals surface area contributed by atoms with Gasteiger partial charge in [-0.15, -0.1) is 0 Å². The topological polar surface area (TPSA) is 63.0 Å². The van der Waals surface area contributed by atoms with Crippen LogP contribution in [-0.4, -0.2) is 32.5 Å². The first kappa shape index (κ1) is 14.1. The molecular formula is C14H16F2N4O. The Morgan fingerprint density at radius 3 is 3.05 bits per heavy atom. The molecule has 2 aromatic rings. The molecule has 0 amide bonds. The molecule has 0 bridgehead atoms. The predicted molar refractivity (Wildman–Crippen MR) is 71.5 cm³/mol. The van der Waals surface area contributed by atoms with Crippen LogP contribution in [-0.2, 0) is 13.0 Å². The smallest absolute Gasteiger partial charge is 0.159 e. The Morgan fingerprint density at radius 1 is 1.38 bits per heavy atom. The van der Waals surface area contributed by atoms with Crippen LogP contribution < -0.4 is 5.32 Å². The summed E-state index contributed by atoms with van der Waals surface area (Å²) in [6.45, 7) is 0.972. The first-order chi connectivity index (χ1) is 10.1. The molecule has 0 saturated carbocycles. The summed E-state index contributed by atoms with van der Waals surface area (Å²) in [5.41, 5.74) is 0.360. The summed E-state index contributed by atoms with van der Waals surface area (Å²) in [7, 11) is 0. The van der Waals surface area contributed by atoms with Gasteiger partial charge in [-0.05, 0) is 24.1 Å². The molecule has 1 aliphatic rings. The van der Waals surface area contributed by atoms with Crippen molar-refractivity contribution in [2.75, 3.05) is 6.54 Å². The number of rotatable bonds is 4. The number of hydrogen-bond donors (Lipinski definition) is 2. The predicted octanol–water partition coefficient (Wildman–Crippen LogP) is 1.19. The molecule has 0 fully saturated rings. The van der Waals surface area contributed by atoms with Crippen molar-refractivity contribution in [2.24, 2.45) is 0 Å². The standard InChI is InChI=1S/C14H16F2N4O/c15-11-3-1-9(5-12(11)16)13(21)6-17-10-2-4-14-18-8-19-20(14)7-10/h1,3,5,8,10,13,17,21H,2,4,6-7H2/t10-,13+/m1/s1. The first-order valence-electron chi connectivity index (χ1n) is 6.86. The van der Waals surface area contributed by atoms with Crippen molar-refractivity contribution in [3.8, 4) is 0 Å². The molecule has 0 aliphatic carbocycles. The van der Waals surface area contributed by atoms with Crippen LogP contribution in [0.2, 0.25) is 0 Å². The number of benzene rings is 1. The van der Waals surface area contributed by atoms with E-state index in [1.54, 1.807) is 0 Å². The minimum atomic E-state index is -0.948. The molecule has 0 radical (unpaired) electrons. The Labute approximate surface area is 120 Å². The summed E-state index contributed by atoms with van der Waals surface area (Å²) in [6, 6.07) is 3.62. The Morgan fingerprint density at radius 2 is 2.24 bits per heavy atom. The molecule has 0 spiro atoms. The third-order valence-corrected chi connectivity index (χ3v) is 3.73. The zero-order chi connectivity index (χ0) is 14.8. The molecule has 21 heavy (non-hydrogen) atoms. The molecule has 0 saturated heterocycles. The summed E-state index contributed by atoms with van der Waals surface area (Å²) in [6.07, 6.45) is 2.40. The third-order valence-electron chi connectivity index (χ3n) is 3.73. The summed E-state index contributed by atoms with van der Waals surface area (Å²) < 4.78 is 27.8. The van der Waals surface area contributed by atoms with Gasteiger partial charge in [0, 0.05) is 19.0 Å². The van der Waals surface area contributed by atoms with Gasteiger partial charge >= 0.3 is 0 Å². The van der Waals surface area contributed by atoms with Gasteiger partial charge in [0.05, 0.1) is 12.6 Å². The molecule has 2 N–H and O–H groups in total. The molecule has 1 aromatic heterocycles. The molecule has 2 atom stereocenters. The number of aryl methyl sites for hydroxylation is 1. The van der Waals surface area contributed by atoms with Gasteiger partial charge in [0.2, 0.25) is 0 Å². The highest BCUT2D eigenvalue weighted by atomic mass is 19.2. The molecule has 112 valence electrons. The summed E-state index contributed by atoms with van der Waals surface area (Å²) in [5.74, 6) is -0.893. The van der Waals surface area contributed by atoms with Gasteiger partial charge in [0.1, 0.15) is 12.2 Å². The molecule has 1 aliphatic heterocycles. The Bertz CT molecular complexity index is 631. The molecule has 2 heterocycles. The van der Waals surface area contributed by atoms with E-state index >= 15 is 0 Å². The quantitative estimate of drug-likeness (QED) is 0.889. The second kappa shape index (κ2) is 5.87. The van der Waals surface area contributed by atoms with Crippen LogP contribution >= 0.6 is 0 Å². The fourth-order valence-electron chi connectivity index (χ4n) is 2.52. The highest BCUT2D eigenvalue weighted by molar-refractivity contribution is 5.20. The first-order valence-corrected chi connectivity index (χ1v) is 6.86. The van der Waals surface area contributed by atoms with Gasteiger partial charge < -0.3 is 10.4 Å². The molecule has 3 rings (SSSR count). The zero-order valence-electron chi connectivity index (χ0n) is 11.3. The van der Waals surface area contributed by atoms with Crippen molar-refractivity contribution < 1.29 is 13.9 Å². The van der Waals surface area contributed by atoms with E-state index in [0.29, 0.717) is 12.1 Å². The fourth-order valence-corrected chi connectivity index (χ4v) is 2.52. The number of nitrogens with one attached hydrogen (secondary N) is 1. The van der Waals surface area contributed by atoms with Crippen LogP contribution in [0.3, 0.4) is 0 Å². The van der Waals surface area contributed by atoms with Crippen LogP contribution in [0.5, 0.6) is 0 Å². The highest BCUT2D eigenvalue weighted by Gasteiger charge is 2.20. The van der Waals surface area contributed by atoms with Crippen molar-refractivity contribution in [3.63, 3.8) is 0 Å². The number of fused-ring (bicyclic) bond motifs is 1. The van der Waals surface area contributed by atoms with Crippen molar-refractivity contribution >= 4 is 0 Å². The van der Waals surface area contributed by atoms with Crippen LogP contribution in [0.15, 0.2) is 24.5 Å². The second-order valence-electron chi connectivity index (χ2n) is 5.19. The minimum Gasteiger partial charge on any atom is -0.387 e. The Balaban J connectivity index is 1.56. The van der Waals surface area contributed by atoms with Gasteiger partial charge in [0.15, 0.2) is 11.6 Å². The van der Waals surface area contributed by atoms with Crippen LogP contribution in [0.25, 0.3) is 0 Å². The molecular weight excluding hydrogens is 278 g/mol. The Kier molecular flexibility index (Phi) is 3.94. The number of nitrogens with zero attached hydrogens (tertiary/aromatic N) is 3. The van der Waals surface area contributed by atoms with Crippen molar-refractivity contribution in [1.82, 2.24) is 20.1 Å². The van der Waals surface area contributed by atoms with E-state index in [-0.39, 0.29) is 12.6 Å². The molecule has 5 nitrogen and oxygen atoms in total. The normalized spacial score (nSPS) is 19.3. The highest BCUT2D eigenvalue weighted by Crippen LogP contribution is 2.17. The second-order valence-corrected chi connectivity index (χ2v) is 5.19. The van der Waals surface area contributed by atoms with E-state index in [0.717, 1.165) is 30.8 Å². The monoisotopic (exact) mass is 294 g/mol. The molecule has 0 unspecified atom stereocenters. The number of aliphatic hydroxyl groups excluding tert-OH is 1. The van der Waals surface area contributed by atoms with Gasteiger partial charge in [-0.1, -0.05) is 6.07 Å². The van der Waals surface area contributed by atoms with Crippen molar-refractivity contribution in [2.45, 2.75) is 31.5 Å². The van der Waals surface area contributed by atoms with Crippen molar-refractivity contribution in [3.05, 3.63) is 47.5 Å². The van der Waals surface area contributed by atoms with E-state index in [2.05, 4.69) is 15.4 Å². The Hall–Kier alpha value is -1.86. The van der Waals surface area contributed by atoms with E-state index < -0.39 is 17.7 Å². The zero-order valence-corrected chi connectivity index (χ0v) is 11.3. The van der Waals surface area contributed by atoms with Gasteiger partial charge in [-0.25, -0.2) is 18.4 Å². The average Bonchev–Trinajstić information content (AvgIpc) is 2.95. The van der Waals surface area contributed by atoms with Crippen LogP contribution in [0.1, 0.15) is 23.9 Å². The number of hydrogen-bond acceptors (Lipinski definition) is 4. The lowest BCUT2D eigenvalue weighted by atomic mass is 10.1. The van der Waals surface area contributed by atoms with E-state index in [4.69, 9.17) is 0 Å². The van der Waals surface area contributed by atoms with Gasteiger partial charge in [0.25, 0.3) is 0 Å². The maximum Gasteiger partial charge on any atom is 0.159 e. The maximum absolute atomic E-state index is 13.1. The summed E-state index contributed by atoms with van der Waals surface area (Å²) >= 11 is 0. The summed E-state index contributed by atoms with van der Waals surface area (Å²) in [4.78, 5) is 4.15. The van der Waals surface area contributed by atoms with Crippen LogP contribution in [0, 0.1) is 11.6 Å². The third kappa shape index (κ3) is 3.08. The lowest BCUT2D eigenvalue weighted by Gasteiger charge is -2.25. The fraction of sp³-hybridized carbons (Fsp3) is 0.429. The largest absolute Gasteiger partial charge is 0.387 e. The van der Waals surface area contributed by atoms with E-state index in [1.807, 2.05) is 4.68 Å². The van der Waals surface area contributed by atoms with Crippen LogP contribution in [0.4, 0.5) is 8.78 Å². The van der Waals surface area contributed by atoms with Crippen molar-refractivity contribution in [1.29, 1.82) is 0 Å². The number of aliphatic hydroxyl groups is 1. The SMILES string of the molecule is O[C@@H](CN[C@@H]1CCc2ncnn2C1)c1ccc(F)c(F)c1. The lowest BCUT2D eigenvalue weighted by molar-refractivity contribution is 0.164. The maximum atomic E-state index is 13.1. The van der Waals surface area contributed by atoms with E-state index in [1.165, 1.54) is 12.4 Å². The van der Waals surface area contributed by atoms with E-state index in [9.17, 15) is 13.9 Å². The van der Waals surface area contributed by atoms with Gasteiger partial charge in [-0.2, -0.15) is 5.10 Å². The molecule has 1 aromatic carbocycles.